The first-order valence-electron chi connectivity index (χ1n) is 8.21. The van der Waals surface area contributed by atoms with Gasteiger partial charge in [0, 0.05) is 25.8 Å². The molecule has 0 radical (unpaired) electrons. The molecule has 0 bridgehead atoms. The number of piperidine rings is 1. The second-order valence-electron chi connectivity index (χ2n) is 6.35. The SMILES string of the molecule is COC(=O)[C@H]1C[C@H](c2ccccc2)CN(Cc2ccnc(N)c2)C1. The zero-order valence-electron chi connectivity index (χ0n) is 13.9. The summed E-state index contributed by atoms with van der Waals surface area (Å²) in [5, 5.41) is 0. The number of nitrogen functional groups attached to an aromatic ring is 1. The topological polar surface area (TPSA) is 68.5 Å². The van der Waals surface area contributed by atoms with Crippen LogP contribution < -0.4 is 5.73 Å². The first kappa shape index (κ1) is 16.5. The lowest BCUT2D eigenvalue weighted by Crippen LogP contribution is -2.42. The van der Waals surface area contributed by atoms with Crippen LogP contribution in [0.25, 0.3) is 0 Å². The van der Waals surface area contributed by atoms with E-state index in [1.807, 2.05) is 30.3 Å². The van der Waals surface area contributed by atoms with Crippen molar-refractivity contribution in [3.8, 4) is 0 Å². The number of nitrogens with zero attached hydrogens (tertiary/aromatic N) is 2. The van der Waals surface area contributed by atoms with Crippen molar-refractivity contribution in [2.45, 2.75) is 18.9 Å². The molecule has 5 heteroatoms. The van der Waals surface area contributed by atoms with E-state index < -0.39 is 0 Å². The van der Waals surface area contributed by atoms with Gasteiger partial charge in [-0.3, -0.25) is 9.69 Å². The molecule has 1 aliphatic rings. The summed E-state index contributed by atoms with van der Waals surface area (Å²) in [6.45, 7) is 2.38. The van der Waals surface area contributed by atoms with Gasteiger partial charge in [-0.25, -0.2) is 4.98 Å². The molecule has 3 rings (SSSR count). The average Bonchev–Trinajstić information content (AvgIpc) is 2.61. The van der Waals surface area contributed by atoms with Crippen LogP contribution in [0.4, 0.5) is 5.82 Å². The van der Waals surface area contributed by atoms with E-state index >= 15 is 0 Å². The van der Waals surface area contributed by atoms with Gasteiger partial charge >= 0.3 is 5.97 Å². The Hall–Kier alpha value is -2.40. The summed E-state index contributed by atoms with van der Waals surface area (Å²) >= 11 is 0. The highest BCUT2D eigenvalue weighted by Crippen LogP contribution is 2.31. The first-order chi connectivity index (χ1) is 11.7. The number of pyridine rings is 1. The summed E-state index contributed by atoms with van der Waals surface area (Å²) in [5.41, 5.74) is 8.16. The average molecular weight is 325 g/mol. The van der Waals surface area contributed by atoms with E-state index in [1.165, 1.54) is 12.7 Å². The van der Waals surface area contributed by atoms with Gasteiger partial charge in [0.05, 0.1) is 13.0 Å². The van der Waals surface area contributed by atoms with Gasteiger partial charge in [-0.05, 0) is 35.6 Å². The number of esters is 1. The van der Waals surface area contributed by atoms with E-state index in [0.717, 1.165) is 25.1 Å². The van der Waals surface area contributed by atoms with Gasteiger partial charge < -0.3 is 10.5 Å². The van der Waals surface area contributed by atoms with Crippen LogP contribution in [0.3, 0.4) is 0 Å². The molecular weight excluding hydrogens is 302 g/mol. The number of carbonyl (C=O) groups excluding carboxylic acids is 1. The molecule has 1 saturated heterocycles. The fourth-order valence-electron chi connectivity index (χ4n) is 3.47. The van der Waals surface area contributed by atoms with Crippen LogP contribution in [-0.4, -0.2) is 36.1 Å². The normalized spacial score (nSPS) is 21.4. The minimum absolute atomic E-state index is 0.104. The zero-order chi connectivity index (χ0) is 16.9. The molecule has 5 nitrogen and oxygen atoms in total. The van der Waals surface area contributed by atoms with E-state index in [-0.39, 0.29) is 11.9 Å². The van der Waals surface area contributed by atoms with E-state index in [4.69, 9.17) is 10.5 Å². The van der Waals surface area contributed by atoms with E-state index in [1.54, 1.807) is 6.20 Å². The smallest absolute Gasteiger partial charge is 0.309 e. The largest absolute Gasteiger partial charge is 0.469 e. The molecule has 0 spiro atoms. The molecule has 1 aromatic carbocycles. The molecule has 1 fully saturated rings. The van der Waals surface area contributed by atoms with Crippen molar-refractivity contribution in [1.29, 1.82) is 0 Å². The molecule has 1 aromatic heterocycles. The van der Waals surface area contributed by atoms with Crippen molar-refractivity contribution in [3.63, 3.8) is 0 Å². The van der Waals surface area contributed by atoms with Crippen molar-refractivity contribution in [2.75, 3.05) is 25.9 Å². The van der Waals surface area contributed by atoms with Crippen LogP contribution >= 0.6 is 0 Å². The Balaban J connectivity index is 1.78. The van der Waals surface area contributed by atoms with Crippen molar-refractivity contribution in [1.82, 2.24) is 9.88 Å². The number of anilines is 1. The van der Waals surface area contributed by atoms with Gasteiger partial charge in [-0.1, -0.05) is 30.3 Å². The number of ether oxygens (including phenoxy) is 1. The third kappa shape index (κ3) is 3.92. The summed E-state index contributed by atoms with van der Waals surface area (Å²) in [7, 11) is 1.46. The Morgan fingerprint density at radius 1 is 1.29 bits per heavy atom. The quantitative estimate of drug-likeness (QED) is 0.875. The minimum atomic E-state index is -0.130. The monoisotopic (exact) mass is 325 g/mol. The second-order valence-corrected chi connectivity index (χ2v) is 6.35. The first-order valence-corrected chi connectivity index (χ1v) is 8.21. The summed E-state index contributed by atoms with van der Waals surface area (Å²) in [6.07, 6.45) is 2.55. The summed E-state index contributed by atoms with van der Waals surface area (Å²) in [6, 6.07) is 14.2. The lowest BCUT2D eigenvalue weighted by molar-refractivity contribution is -0.147. The fraction of sp³-hybridized carbons (Fsp3) is 0.368. The van der Waals surface area contributed by atoms with Crippen LogP contribution in [0.5, 0.6) is 0 Å². The minimum Gasteiger partial charge on any atom is -0.469 e. The number of aromatic nitrogens is 1. The number of nitrogens with two attached hydrogens (primary N) is 1. The molecule has 2 aromatic rings. The Morgan fingerprint density at radius 3 is 2.79 bits per heavy atom. The van der Waals surface area contributed by atoms with Crippen LogP contribution in [0.1, 0.15) is 23.5 Å². The van der Waals surface area contributed by atoms with Crippen molar-refractivity contribution < 1.29 is 9.53 Å². The lowest BCUT2D eigenvalue weighted by Gasteiger charge is -2.37. The fourth-order valence-corrected chi connectivity index (χ4v) is 3.47. The molecular formula is C19H23N3O2. The number of hydrogen-bond donors (Lipinski definition) is 1. The maximum atomic E-state index is 12.1. The molecule has 1 aliphatic heterocycles. The van der Waals surface area contributed by atoms with Gasteiger partial charge in [-0.15, -0.1) is 0 Å². The molecule has 2 atom stereocenters. The number of rotatable bonds is 4. The van der Waals surface area contributed by atoms with Gasteiger partial charge in [-0.2, -0.15) is 0 Å². The number of methoxy groups -OCH3 is 1. The predicted molar refractivity (Wildman–Crippen MR) is 93.2 cm³/mol. The highest BCUT2D eigenvalue weighted by Gasteiger charge is 2.32. The van der Waals surface area contributed by atoms with E-state index in [9.17, 15) is 4.79 Å². The molecule has 24 heavy (non-hydrogen) atoms. The number of likely N-dealkylation sites (tertiary alicyclic amines) is 1. The molecule has 0 unspecified atom stereocenters. The van der Waals surface area contributed by atoms with Crippen LogP contribution in [-0.2, 0) is 16.1 Å². The summed E-state index contributed by atoms with van der Waals surface area (Å²) < 4.78 is 5.00. The van der Waals surface area contributed by atoms with Crippen LogP contribution in [0.2, 0.25) is 0 Å². The van der Waals surface area contributed by atoms with Gasteiger partial charge in [0.2, 0.25) is 0 Å². The summed E-state index contributed by atoms with van der Waals surface area (Å²) in [5.74, 6) is 0.611. The van der Waals surface area contributed by atoms with Gasteiger partial charge in [0.1, 0.15) is 5.82 Å². The van der Waals surface area contributed by atoms with Crippen molar-refractivity contribution in [2.24, 2.45) is 5.92 Å². The number of benzene rings is 1. The maximum absolute atomic E-state index is 12.1. The lowest BCUT2D eigenvalue weighted by atomic mass is 9.84. The van der Waals surface area contributed by atoms with Crippen LogP contribution in [0.15, 0.2) is 48.7 Å². The molecule has 0 saturated carbocycles. The highest BCUT2D eigenvalue weighted by molar-refractivity contribution is 5.72. The van der Waals surface area contributed by atoms with Gasteiger partial charge in [0.25, 0.3) is 0 Å². The standard InChI is InChI=1S/C19H23N3O2/c1-24-19(23)17-10-16(15-5-3-2-4-6-15)12-22(13-17)11-14-7-8-21-18(20)9-14/h2-9,16-17H,10-13H2,1H3,(H2,20,21)/t16-,17-/m0/s1. The predicted octanol–water partition coefficient (Wildman–Crippen LogP) is 2.44. The molecule has 2 N–H and O–H groups in total. The zero-order valence-corrected chi connectivity index (χ0v) is 13.9. The van der Waals surface area contributed by atoms with Gasteiger partial charge in [0.15, 0.2) is 0 Å². The van der Waals surface area contributed by atoms with E-state index in [0.29, 0.717) is 18.3 Å². The van der Waals surface area contributed by atoms with Crippen molar-refractivity contribution >= 4 is 11.8 Å². The van der Waals surface area contributed by atoms with Crippen LogP contribution in [0, 0.1) is 5.92 Å². The van der Waals surface area contributed by atoms with E-state index in [2.05, 4.69) is 22.0 Å². The molecule has 0 aliphatic carbocycles. The second kappa shape index (κ2) is 7.45. The molecule has 2 heterocycles. The third-order valence-electron chi connectivity index (χ3n) is 4.58. The third-order valence-corrected chi connectivity index (χ3v) is 4.58. The summed E-state index contributed by atoms with van der Waals surface area (Å²) in [4.78, 5) is 18.5. The Kier molecular flexibility index (Phi) is 5.11. The number of hydrogen-bond acceptors (Lipinski definition) is 5. The number of carbonyl (C=O) groups is 1. The Morgan fingerprint density at radius 2 is 2.08 bits per heavy atom. The molecule has 0 amide bonds. The highest BCUT2D eigenvalue weighted by atomic mass is 16.5. The molecule has 126 valence electrons. The maximum Gasteiger partial charge on any atom is 0.309 e. The Labute approximate surface area is 142 Å². The van der Waals surface area contributed by atoms with Crippen molar-refractivity contribution in [3.05, 3.63) is 59.8 Å². The Bertz CT molecular complexity index is 690.